The minimum atomic E-state index is -0.382. The Morgan fingerprint density at radius 3 is 2.73 bits per heavy atom. The fourth-order valence-corrected chi connectivity index (χ4v) is 3.81. The second-order valence-electron chi connectivity index (χ2n) is 6.77. The fraction of sp³-hybridized carbons (Fsp3) is 0.136. The summed E-state index contributed by atoms with van der Waals surface area (Å²) >= 11 is 1.15. The van der Waals surface area contributed by atoms with Gasteiger partial charge in [-0.25, -0.2) is 4.39 Å². The van der Waals surface area contributed by atoms with Gasteiger partial charge in [-0.1, -0.05) is 30.1 Å². The predicted molar refractivity (Wildman–Crippen MR) is 117 cm³/mol. The topological polar surface area (TPSA) is 79.8 Å². The summed E-state index contributed by atoms with van der Waals surface area (Å²) in [5.41, 5.74) is 3.04. The summed E-state index contributed by atoms with van der Waals surface area (Å²) in [6.07, 6.45) is 3.27. The van der Waals surface area contributed by atoms with Crippen molar-refractivity contribution in [1.29, 1.82) is 0 Å². The maximum Gasteiger partial charge on any atom is 0.278 e. The third-order valence-electron chi connectivity index (χ3n) is 4.83. The van der Waals surface area contributed by atoms with Crippen LogP contribution in [0, 0.1) is 12.7 Å². The van der Waals surface area contributed by atoms with E-state index in [4.69, 9.17) is 0 Å². The summed E-state index contributed by atoms with van der Waals surface area (Å²) in [5.74, 6) is -0.748. The van der Waals surface area contributed by atoms with Gasteiger partial charge in [-0.15, -0.1) is 0 Å². The van der Waals surface area contributed by atoms with Crippen molar-refractivity contribution in [1.82, 2.24) is 19.3 Å². The van der Waals surface area contributed by atoms with E-state index in [2.05, 4.69) is 14.7 Å². The first-order valence-corrected chi connectivity index (χ1v) is 10.5. The number of nitrogens with zero attached hydrogens (tertiary/aromatic N) is 2. The van der Waals surface area contributed by atoms with Crippen molar-refractivity contribution in [3.8, 4) is 11.1 Å². The molecule has 4 rings (SSSR count). The molecule has 3 heterocycles. The smallest absolute Gasteiger partial charge is 0.278 e. The molecule has 0 aliphatic rings. The minimum Gasteiger partial charge on any atom is -0.330 e. The Kier molecular flexibility index (Phi) is 5.41. The van der Waals surface area contributed by atoms with E-state index in [1.54, 1.807) is 41.2 Å². The highest BCUT2D eigenvalue weighted by Gasteiger charge is 2.27. The van der Waals surface area contributed by atoms with Gasteiger partial charge in [0, 0.05) is 29.3 Å². The third kappa shape index (κ3) is 3.50. The molecule has 2 N–H and O–H groups in total. The van der Waals surface area contributed by atoms with Crippen LogP contribution in [-0.4, -0.2) is 26.7 Å². The molecular formula is C22H19FN4O2S. The number of carbonyl (C=O) groups excluding carboxylic acids is 1. The Morgan fingerprint density at radius 1 is 1.20 bits per heavy atom. The minimum absolute atomic E-state index is 0.121. The van der Waals surface area contributed by atoms with Gasteiger partial charge in [-0.05, 0) is 37.3 Å². The zero-order valence-corrected chi connectivity index (χ0v) is 17.2. The van der Waals surface area contributed by atoms with Crippen molar-refractivity contribution in [3.05, 3.63) is 87.9 Å². The molecule has 0 bridgehead atoms. The molecule has 0 saturated heterocycles. The Hall–Kier alpha value is -3.39. The first-order chi connectivity index (χ1) is 14.5. The Labute approximate surface area is 176 Å². The summed E-state index contributed by atoms with van der Waals surface area (Å²) in [7, 11) is 0. The molecule has 0 aliphatic carbocycles. The van der Waals surface area contributed by atoms with E-state index >= 15 is 0 Å². The lowest BCUT2D eigenvalue weighted by Gasteiger charge is -2.12. The van der Waals surface area contributed by atoms with Gasteiger partial charge in [0.2, 0.25) is 0 Å². The second-order valence-corrected chi connectivity index (χ2v) is 7.38. The molecule has 3 aromatic heterocycles. The number of hydrogen-bond acceptors (Lipinski definition) is 4. The second kappa shape index (κ2) is 8.16. The van der Waals surface area contributed by atoms with Crippen LogP contribution in [0.3, 0.4) is 0 Å². The molecule has 30 heavy (non-hydrogen) atoms. The maximum absolute atomic E-state index is 14.4. The van der Waals surface area contributed by atoms with Crippen LogP contribution in [0.2, 0.25) is 0 Å². The highest BCUT2D eigenvalue weighted by Crippen LogP contribution is 2.33. The van der Waals surface area contributed by atoms with Gasteiger partial charge in [0.15, 0.2) is 0 Å². The van der Waals surface area contributed by atoms with Gasteiger partial charge >= 0.3 is 0 Å². The van der Waals surface area contributed by atoms with Crippen molar-refractivity contribution in [2.45, 2.75) is 13.5 Å². The number of rotatable bonds is 5. The van der Waals surface area contributed by atoms with Crippen LogP contribution >= 0.6 is 11.9 Å². The van der Waals surface area contributed by atoms with E-state index in [1.165, 1.54) is 12.3 Å². The van der Waals surface area contributed by atoms with E-state index < -0.39 is 0 Å². The normalized spacial score (nSPS) is 11.0. The lowest BCUT2D eigenvalue weighted by molar-refractivity contribution is 0.0977. The predicted octanol–water partition coefficient (Wildman–Crippen LogP) is 3.90. The van der Waals surface area contributed by atoms with E-state index in [0.29, 0.717) is 27.7 Å². The van der Waals surface area contributed by atoms with Crippen molar-refractivity contribution in [2.24, 2.45) is 0 Å². The third-order valence-corrected chi connectivity index (χ3v) is 5.22. The zero-order chi connectivity index (χ0) is 21.3. The van der Waals surface area contributed by atoms with Crippen LogP contribution < -0.4 is 10.3 Å². The molecular weight excluding hydrogens is 403 g/mol. The molecule has 152 valence electrons. The molecule has 0 saturated carbocycles. The van der Waals surface area contributed by atoms with E-state index in [-0.39, 0.29) is 29.5 Å². The number of halogens is 1. The summed E-state index contributed by atoms with van der Waals surface area (Å²) in [5, 5.41) is 0. The molecule has 1 aromatic carbocycles. The van der Waals surface area contributed by atoms with Crippen LogP contribution in [0.1, 0.15) is 21.7 Å². The molecule has 0 atom stereocenters. The van der Waals surface area contributed by atoms with Crippen LogP contribution in [0.4, 0.5) is 4.39 Å². The number of aromatic nitrogens is 3. The highest BCUT2D eigenvalue weighted by atomic mass is 32.2. The average molecular weight is 422 g/mol. The quantitative estimate of drug-likeness (QED) is 0.478. The SMILES string of the molecule is CSNC(=O)c1c(-c2ccc[nH]c2=O)c2nc(C)ccc2n1Cc1ccccc1F. The number of amides is 1. The Bertz CT molecular complexity index is 1310. The molecule has 0 unspecified atom stereocenters. The van der Waals surface area contributed by atoms with Gasteiger partial charge in [0.25, 0.3) is 11.5 Å². The molecule has 0 spiro atoms. The first kappa shape index (κ1) is 19.9. The van der Waals surface area contributed by atoms with Crippen LogP contribution in [0.5, 0.6) is 0 Å². The van der Waals surface area contributed by atoms with Gasteiger partial charge in [-0.3, -0.25) is 19.3 Å². The molecule has 0 aliphatic heterocycles. The van der Waals surface area contributed by atoms with E-state index in [1.807, 2.05) is 19.1 Å². The van der Waals surface area contributed by atoms with Crippen LogP contribution in [0.25, 0.3) is 22.2 Å². The first-order valence-electron chi connectivity index (χ1n) is 9.26. The van der Waals surface area contributed by atoms with Crippen molar-refractivity contribution in [2.75, 3.05) is 6.26 Å². The number of aryl methyl sites for hydroxylation is 1. The van der Waals surface area contributed by atoms with Crippen molar-refractivity contribution >= 4 is 28.9 Å². The maximum atomic E-state index is 14.4. The number of fused-ring (bicyclic) bond motifs is 1. The number of nitrogens with one attached hydrogen (secondary N) is 2. The number of aromatic amines is 1. The monoisotopic (exact) mass is 422 g/mol. The Balaban J connectivity index is 2.09. The van der Waals surface area contributed by atoms with Gasteiger partial charge in [-0.2, -0.15) is 0 Å². The number of hydrogen-bond donors (Lipinski definition) is 2. The number of H-pyrrole nitrogens is 1. The molecule has 1 amide bonds. The van der Waals surface area contributed by atoms with E-state index in [9.17, 15) is 14.0 Å². The fourth-order valence-electron chi connectivity index (χ4n) is 3.53. The largest absolute Gasteiger partial charge is 0.330 e. The summed E-state index contributed by atoms with van der Waals surface area (Å²) < 4.78 is 18.9. The number of pyridine rings is 2. The van der Waals surface area contributed by atoms with Crippen LogP contribution in [-0.2, 0) is 6.54 Å². The van der Waals surface area contributed by atoms with Gasteiger partial charge < -0.3 is 9.55 Å². The standard InChI is InChI=1S/C22H19FN4O2S/c1-13-9-10-17-19(25-13)18(15-7-5-11-24-21(15)28)20(22(29)26-30-2)27(17)12-14-6-3-4-8-16(14)23/h3-11H,12H2,1-2H3,(H,24,28)(H,26,29). The lowest BCUT2D eigenvalue weighted by atomic mass is 10.1. The zero-order valence-electron chi connectivity index (χ0n) is 16.4. The molecule has 8 heteroatoms. The molecule has 6 nitrogen and oxygen atoms in total. The highest BCUT2D eigenvalue weighted by molar-refractivity contribution is 7.97. The Morgan fingerprint density at radius 2 is 2.00 bits per heavy atom. The summed E-state index contributed by atoms with van der Waals surface area (Å²) in [6, 6.07) is 13.4. The molecule has 0 radical (unpaired) electrons. The van der Waals surface area contributed by atoms with Gasteiger partial charge in [0.05, 0.1) is 23.1 Å². The van der Waals surface area contributed by atoms with Crippen molar-refractivity contribution in [3.63, 3.8) is 0 Å². The van der Waals surface area contributed by atoms with E-state index in [0.717, 1.165) is 17.6 Å². The van der Waals surface area contributed by atoms with Crippen molar-refractivity contribution < 1.29 is 9.18 Å². The average Bonchev–Trinajstić information content (AvgIpc) is 3.03. The summed E-state index contributed by atoms with van der Waals surface area (Å²) in [4.78, 5) is 33.0. The van der Waals surface area contributed by atoms with Gasteiger partial charge in [0.1, 0.15) is 11.5 Å². The summed E-state index contributed by atoms with van der Waals surface area (Å²) in [6.45, 7) is 1.96. The lowest BCUT2D eigenvalue weighted by Crippen LogP contribution is -2.22. The number of benzene rings is 1. The molecule has 4 aromatic rings. The number of carbonyl (C=O) groups is 1. The molecule has 0 fully saturated rings. The van der Waals surface area contributed by atoms with Crippen LogP contribution in [0.15, 0.2) is 59.5 Å².